The summed E-state index contributed by atoms with van der Waals surface area (Å²) in [6.07, 6.45) is 0. The smallest absolute Gasteiger partial charge is 0.179 e. The summed E-state index contributed by atoms with van der Waals surface area (Å²) in [7, 11) is 0. The maximum absolute atomic E-state index is 6.44. The fourth-order valence-corrected chi connectivity index (χ4v) is 3.14. The van der Waals surface area contributed by atoms with Crippen LogP contribution in [-0.4, -0.2) is 15.0 Å². The van der Waals surface area contributed by atoms with Crippen molar-refractivity contribution < 1.29 is 0 Å². The number of aryl methyl sites for hydroxylation is 1. The first-order chi connectivity index (χ1) is 12.1. The van der Waals surface area contributed by atoms with Crippen LogP contribution in [0.4, 0.5) is 0 Å². The van der Waals surface area contributed by atoms with Crippen molar-refractivity contribution in [3.8, 4) is 22.8 Å². The lowest BCUT2D eigenvalue weighted by Gasteiger charge is -2.11. The zero-order chi connectivity index (χ0) is 17.4. The van der Waals surface area contributed by atoms with Gasteiger partial charge in [0, 0.05) is 16.6 Å². The van der Waals surface area contributed by atoms with Crippen LogP contribution in [0.5, 0.6) is 0 Å². The Morgan fingerprint density at radius 2 is 1.56 bits per heavy atom. The molecular weight excluding hydrogens is 353 g/mol. The Kier molecular flexibility index (Phi) is 4.12. The van der Waals surface area contributed by atoms with E-state index in [0.717, 1.165) is 33.5 Å². The van der Waals surface area contributed by atoms with Crippen molar-refractivity contribution in [1.29, 1.82) is 0 Å². The number of pyridine rings is 1. The van der Waals surface area contributed by atoms with E-state index in [0.29, 0.717) is 15.9 Å². The molecule has 0 atom stereocenters. The van der Waals surface area contributed by atoms with Crippen molar-refractivity contribution >= 4 is 34.1 Å². The van der Waals surface area contributed by atoms with Crippen molar-refractivity contribution in [1.82, 2.24) is 15.0 Å². The monoisotopic (exact) mass is 365 g/mol. The molecule has 0 aliphatic carbocycles. The summed E-state index contributed by atoms with van der Waals surface area (Å²) in [5, 5.41) is 1.90. The van der Waals surface area contributed by atoms with Gasteiger partial charge in [-0.15, -0.1) is 0 Å². The van der Waals surface area contributed by atoms with Crippen molar-refractivity contribution in [3.63, 3.8) is 0 Å². The van der Waals surface area contributed by atoms with Gasteiger partial charge in [-0.25, -0.2) is 15.0 Å². The Bertz CT molecular complexity index is 1090. The molecule has 4 rings (SSSR count). The van der Waals surface area contributed by atoms with Crippen LogP contribution in [0.3, 0.4) is 0 Å². The summed E-state index contributed by atoms with van der Waals surface area (Å²) < 4.78 is 0. The summed E-state index contributed by atoms with van der Waals surface area (Å²) in [4.78, 5) is 14.0. The fraction of sp³-hybridized carbons (Fsp3) is 0.0500. The van der Waals surface area contributed by atoms with Crippen molar-refractivity contribution in [2.75, 3.05) is 0 Å². The van der Waals surface area contributed by atoms with Crippen molar-refractivity contribution in [2.24, 2.45) is 0 Å². The predicted octanol–water partition coefficient (Wildman–Crippen LogP) is 5.97. The molecule has 122 valence electrons. The minimum atomic E-state index is 0.483. The molecule has 0 saturated heterocycles. The van der Waals surface area contributed by atoms with E-state index in [1.807, 2.05) is 61.5 Å². The Morgan fingerprint density at radius 1 is 0.760 bits per heavy atom. The van der Waals surface area contributed by atoms with Crippen LogP contribution in [0.15, 0.2) is 60.7 Å². The number of para-hydroxylation sites is 1. The lowest BCUT2D eigenvalue weighted by molar-refractivity contribution is 1.14. The molecule has 0 amide bonds. The Hall–Kier alpha value is -2.49. The van der Waals surface area contributed by atoms with E-state index in [-0.39, 0.29) is 0 Å². The van der Waals surface area contributed by atoms with Crippen LogP contribution in [-0.2, 0) is 0 Å². The van der Waals surface area contributed by atoms with Gasteiger partial charge in [-0.05, 0) is 31.2 Å². The maximum Gasteiger partial charge on any atom is 0.179 e. The molecule has 2 heterocycles. The first kappa shape index (κ1) is 16.0. The minimum absolute atomic E-state index is 0.483. The molecule has 2 aromatic heterocycles. The third-order valence-corrected chi connectivity index (χ3v) is 4.75. The zero-order valence-corrected chi connectivity index (χ0v) is 14.9. The summed E-state index contributed by atoms with van der Waals surface area (Å²) in [5.74, 6) is 0.563. The second-order valence-electron chi connectivity index (χ2n) is 5.68. The first-order valence-electron chi connectivity index (χ1n) is 7.78. The Balaban J connectivity index is 2.04. The number of nitrogens with zero attached hydrogens (tertiary/aromatic N) is 3. The molecule has 0 aliphatic rings. The molecule has 0 bridgehead atoms. The summed E-state index contributed by atoms with van der Waals surface area (Å²) in [6.45, 7) is 1.94. The molecule has 5 heteroatoms. The lowest BCUT2D eigenvalue weighted by atomic mass is 10.1. The number of aromatic nitrogens is 3. The van der Waals surface area contributed by atoms with Gasteiger partial charge in [0.25, 0.3) is 0 Å². The van der Waals surface area contributed by atoms with Gasteiger partial charge in [0.05, 0.1) is 21.3 Å². The molecule has 25 heavy (non-hydrogen) atoms. The quantitative estimate of drug-likeness (QED) is 0.438. The van der Waals surface area contributed by atoms with E-state index in [1.54, 1.807) is 6.07 Å². The minimum Gasteiger partial charge on any atom is -0.250 e. The van der Waals surface area contributed by atoms with Crippen LogP contribution in [0.25, 0.3) is 33.7 Å². The molecule has 0 spiro atoms. The molecule has 0 saturated carbocycles. The average Bonchev–Trinajstić information content (AvgIpc) is 2.63. The second kappa shape index (κ2) is 6.43. The van der Waals surface area contributed by atoms with E-state index in [1.165, 1.54) is 0 Å². The van der Waals surface area contributed by atoms with E-state index in [9.17, 15) is 0 Å². The topological polar surface area (TPSA) is 38.7 Å². The normalized spacial score (nSPS) is 11.0. The first-order valence-corrected chi connectivity index (χ1v) is 8.54. The molecule has 0 radical (unpaired) electrons. The highest BCUT2D eigenvalue weighted by atomic mass is 35.5. The van der Waals surface area contributed by atoms with E-state index < -0.39 is 0 Å². The number of benzene rings is 2. The molecule has 3 nitrogen and oxygen atoms in total. The third-order valence-electron chi connectivity index (χ3n) is 3.93. The summed E-state index contributed by atoms with van der Waals surface area (Å²) in [6, 6.07) is 19.2. The maximum atomic E-state index is 6.44. The SMILES string of the molecule is Cc1cccc(-c2nc(-c3cccc(Cl)c3Cl)c3ccccc3n2)n1. The summed E-state index contributed by atoms with van der Waals surface area (Å²) in [5.41, 5.74) is 4.00. The van der Waals surface area contributed by atoms with Crippen molar-refractivity contribution in [2.45, 2.75) is 6.92 Å². The largest absolute Gasteiger partial charge is 0.250 e. The number of hydrogen-bond acceptors (Lipinski definition) is 3. The zero-order valence-electron chi connectivity index (χ0n) is 13.4. The molecule has 4 aromatic rings. The number of halogens is 2. The number of hydrogen-bond donors (Lipinski definition) is 0. The molecule has 2 aromatic carbocycles. The summed E-state index contributed by atoms with van der Waals surface area (Å²) >= 11 is 12.6. The highest BCUT2D eigenvalue weighted by Gasteiger charge is 2.15. The second-order valence-corrected chi connectivity index (χ2v) is 6.46. The highest BCUT2D eigenvalue weighted by Crippen LogP contribution is 2.36. The average molecular weight is 366 g/mol. The van der Waals surface area contributed by atoms with Gasteiger partial charge in [0.15, 0.2) is 5.82 Å². The molecular formula is C20H13Cl2N3. The standard InChI is InChI=1S/C20H13Cl2N3/c1-12-6-4-11-17(23-12)20-24-16-10-3-2-7-13(16)19(25-20)14-8-5-9-15(21)18(14)22/h2-11H,1H3. The highest BCUT2D eigenvalue weighted by molar-refractivity contribution is 6.43. The van der Waals surface area contributed by atoms with Crippen LogP contribution < -0.4 is 0 Å². The predicted molar refractivity (Wildman–Crippen MR) is 103 cm³/mol. The number of rotatable bonds is 2. The molecule has 0 aliphatic heterocycles. The Morgan fingerprint density at radius 3 is 2.40 bits per heavy atom. The molecule has 0 fully saturated rings. The van der Waals surface area contributed by atoms with E-state index >= 15 is 0 Å². The van der Waals surface area contributed by atoms with Gasteiger partial charge in [-0.3, -0.25) is 0 Å². The van der Waals surface area contributed by atoms with E-state index in [2.05, 4.69) is 9.97 Å². The fourth-order valence-electron chi connectivity index (χ4n) is 2.75. The van der Waals surface area contributed by atoms with Gasteiger partial charge >= 0.3 is 0 Å². The van der Waals surface area contributed by atoms with Crippen LogP contribution >= 0.6 is 23.2 Å². The van der Waals surface area contributed by atoms with Crippen molar-refractivity contribution in [3.05, 3.63) is 76.4 Å². The molecule has 0 unspecified atom stereocenters. The van der Waals surface area contributed by atoms with Gasteiger partial charge in [-0.1, -0.05) is 59.6 Å². The van der Waals surface area contributed by atoms with Gasteiger partial charge in [0.1, 0.15) is 5.69 Å². The van der Waals surface area contributed by atoms with Crippen LogP contribution in [0.1, 0.15) is 5.69 Å². The Labute approximate surface area is 155 Å². The van der Waals surface area contributed by atoms with Crippen LogP contribution in [0.2, 0.25) is 10.0 Å². The lowest BCUT2D eigenvalue weighted by Crippen LogP contribution is -1.97. The van der Waals surface area contributed by atoms with Gasteiger partial charge in [-0.2, -0.15) is 0 Å². The number of fused-ring (bicyclic) bond motifs is 1. The molecule has 0 N–H and O–H groups in total. The van der Waals surface area contributed by atoms with Gasteiger partial charge < -0.3 is 0 Å². The van der Waals surface area contributed by atoms with Gasteiger partial charge in [0.2, 0.25) is 0 Å². The third kappa shape index (κ3) is 2.97. The van der Waals surface area contributed by atoms with E-state index in [4.69, 9.17) is 28.2 Å². The van der Waals surface area contributed by atoms with Crippen LogP contribution in [0, 0.1) is 6.92 Å².